The Labute approximate surface area is 110 Å². The highest BCUT2D eigenvalue weighted by Crippen LogP contribution is 2.39. The number of amides is 1. The van der Waals surface area contributed by atoms with Crippen molar-refractivity contribution in [2.24, 2.45) is 0 Å². The molecule has 1 aromatic rings. The zero-order valence-corrected chi connectivity index (χ0v) is 11.0. The van der Waals surface area contributed by atoms with Crippen molar-refractivity contribution in [1.29, 1.82) is 0 Å². The maximum atomic E-state index is 11.8. The van der Waals surface area contributed by atoms with E-state index in [1.165, 1.54) is 12.3 Å². The maximum absolute atomic E-state index is 11.8. The van der Waals surface area contributed by atoms with Gasteiger partial charge < -0.3 is 15.4 Å². The molecule has 6 heteroatoms. The van der Waals surface area contributed by atoms with Crippen molar-refractivity contribution in [3.8, 4) is 0 Å². The van der Waals surface area contributed by atoms with E-state index in [1.807, 2.05) is 13.8 Å². The molecule has 1 aliphatic carbocycles. The molecule has 1 aliphatic rings. The molecule has 6 nitrogen and oxygen atoms in total. The lowest BCUT2D eigenvalue weighted by molar-refractivity contribution is -0.119. The van der Waals surface area contributed by atoms with Gasteiger partial charge in [-0.2, -0.15) is 0 Å². The summed E-state index contributed by atoms with van der Waals surface area (Å²) in [5.41, 5.74) is 0.409. The van der Waals surface area contributed by atoms with Crippen LogP contribution in [-0.2, 0) is 10.3 Å². The van der Waals surface area contributed by atoms with Crippen LogP contribution in [0.1, 0.15) is 49.4 Å². The second-order valence-corrected chi connectivity index (χ2v) is 5.10. The first-order valence-corrected chi connectivity index (χ1v) is 6.19. The van der Waals surface area contributed by atoms with Crippen LogP contribution in [0.25, 0.3) is 0 Å². The van der Waals surface area contributed by atoms with Gasteiger partial charge in [-0.05, 0) is 33.1 Å². The molecule has 0 aromatic carbocycles. The van der Waals surface area contributed by atoms with Crippen molar-refractivity contribution in [3.05, 3.63) is 29.4 Å². The summed E-state index contributed by atoms with van der Waals surface area (Å²) in [6.07, 6.45) is 5.33. The van der Waals surface area contributed by atoms with Crippen molar-refractivity contribution >= 4 is 11.9 Å². The van der Waals surface area contributed by atoms with E-state index < -0.39 is 11.5 Å². The van der Waals surface area contributed by atoms with Gasteiger partial charge in [0.25, 0.3) is 0 Å². The molecule has 19 heavy (non-hydrogen) atoms. The van der Waals surface area contributed by atoms with Gasteiger partial charge in [0.2, 0.25) is 5.91 Å². The first-order valence-electron chi connectivity index (χ1n) is 6.19. The van der Waals surface area contributed by atoms with Crippen LogP contribution in [0.5, 0.6) is 0 Å². The molecular weight excluding hydrogens is 246 g/mol. The molecular formula is C13H17N3O3. The van der Waals surface area contributed by atoms with Crippen molar-refractivity contribution < 1.29 is 14.7 Å². The maximum Gasteiger partial charge on any atom is 0.353 e. The normalized spacial score (nSPS) is 16.3. The molecule has 0 unspecified atom stereocenters. The number of nitrogens with zero attached hydrogens (tertiary/aromatic N) is 1. The Hall–Kier alpha value is -2.11. The second-order valence-electron chi connectivity index (χ2n) is 5.10. The van der Waals surface area contributed by atoms with Crippen LogP contribution < -0.4 is 5.32 Å². The highest BCUT2D eigenvalue weighted by molar-refractivity contribution is 5.89. The molecule has 0 spiro atoms. The number of aromatic nitrogens is 2. The summed E-state index contributed by atoms with van der Waals surface area (Å²) in [6.45, 7) is 3.70. The van der Waals surface area contributed by atoms with E-state index in [9.17, 15) is 9.59 Å². The van der Waals surface area contributed by atoms with E-state index in [0.717, 1.165) is 24.8 Å². The fraction of sp³-hybridized carbons (Fsp3) is 0.462. The van der Waals surface area contributed by atoms with Gasteiger partial charge >= 0.3 is 5.97 Å². The van der Waals surface area contributed by atoms with E-state index in [2.05, 4.69) is 15.3 Å². The average molecular weight is 263 g/mol. The number of hydrogen-bond acceptors (Lipinski definition) is 3. The molecule has 0 aliphatic heterocycles. The van der Waals surface area contributed by atoms with Crippen LogP contribution in [0, 0.1) is 0 Å². The molecule has 0 saturated heterocycles. The fourth-order valence-electron chi connectivity index (χ4n) is 2.16. The molecule has 0 radical (unpaired) electrons. The highest BCUT2D eigenvalue weighted by Gasteiger charge is 2.42. The SMILES string of the molecule is CC(C)=CC(=O)NC1(c2ncc(C(=O)O)[nH]2)CCC1. The average Bonchev–Trinajstić information content (AvgIpc) is 2.71. The highest BCUT2D eigenvalue weighted by atomic mass is 16.4. The number of aromatic amines is 1. The summed E-state index contributed by atoms with van der Waals surface area (Å²) < 4.78 is 0. The molecule has 1 fully saturated rings. The van der Waals surface area contributed by atoms with Gasteiger partial charge in [-0.25, -0.2) is 9.78 Å². The van der Waals surface area contributed by atoms with Gasteiger partial charge in [-0.3, -0.25) is 4.79 Å². The monoisotopic (exact) mass is 263 g/mol. The number of allylic oxidation sites excluding steroid dienone is 1. The summed E-state index contributed by atoms with van der Waals surface area (Å²) in [7, 11) is 0. The summed E-state index contributed by atoms with van der Waals surface area (Å²) in [4.78, 5) is 29.5. The summed E-state index contributed by atoms with van der Waals surface area (Å²) >= 11 is 0. The Morgan fingerprint density at radius 3 is 2.58 bits per heavy atom. The van der Waals surface area contributed by atoms with E-state index >= 15 is 0 Å². The standard InChI is InChI=1S/C13H17N3O3/c1-8(2)6-10(17)16-13(4-3-5-13)12-14-7-9(15-12)11(18)19/h6-7H,3-5H2,1-2H3,(H,14,15)(H,16,17)(H,18,19). The fourth-order valence-corrected chi connectivity index (χ4v) is 2.16. The van der Waals surface area contributed by atoms with E-state index in [4.69, 9.17) is 5.11 Å². The molecule has 1 saturated carbocycles. The molecule has 102 valence electrons. The number of rotatable bonds is 4. The van der Waals surface area contributed by atoms with E-state index in [-0.39, 0.29) is 11.6 Å². The van der Waals surface area contributed by atoms with Gasteiger partial charge in [0, 0.05) is 6.08 Å². The zero-order valence-electron chi connectivity index (χ0n) is 11.0. The number of imidazole rings is 1. The number of H-pyrrole nitrogens is 1. The van der Waals surface area contributed by atoms with E-state index in [0.29, 0.717) is 5.82 Å². The number of carbonyl (C=O) groups excluding carboxylic acids is 1. The predicted octanol–water partition coefficient (Wildman–Crippen LogP) is 1.57. The number of aromatic carboxylic acids is 1. The quantitative estimate of drug-likeness (QED) is 0.718. The number of hydrogen-bond donors (Lipinski definition) is 3. The van der Waals surface area contributed by atoms with Gasteiger partial charge in [-0.1, -0.05) is 5.57 Å². The summed E-state index contributed by atoms with van der Waals surface area (Å²) in [5.74, 6) is -0.705. The van der Waals surface area contributed by atoms with Crippen LogP contribution in [0.3, 0.4) is 0 Å². The Kier molecular flexibility index (Phi) is 3.42. The van der Waals surface area contributed by atoms with Crippen molar-refractivity contribution in [2.45, 2.75) is 38.6 Å². The third-order valence-electron chi connectivity index (χ3n) is 3.25. The molecule has 2 rings (SSSR count). The second kappa shape index (κ2) is 4.87. The van der Waals surface area contributed by atoms with E-state index in [1.54, 1.807) is 0 Å². The number of nitrogens with one attached hydrogen (secondary N) is 2. The predicted molar refractivity (Wildman–Crippen MR) is 68.6 cm³/mol. The molecule has 1 amide bonds. The zero-order chi connectivity index (χ0) is 14.0. The third kappa shape index (κ3) is 2.67. The summed E-state index contributed by atoms with van der Waals surface area (Å²) in [6, 6.07) is 0. The first-order chi connectivity index (χ1) is 8.93. The Bertz CT molecular complexity index is 537. The van der Waals surface area contributed by atoms with Crippen molar-refractivity contribution in [1.82, 2.24) is 15.3 Å². The summed E-state index contributed by atoms with van der Waals surface area (Å²) in [5, 5.41) is 11.8. The molecule has 3 N–H and O–H groups in total. The lowest BCUT2D eigenvalue weighted by Crippen LogP contribution is -2.51. The lowest BCUT2D eigenvalue weighted by atomic mass is 9.76. The molecule has 1 heterocycles. The van der Waals surface area contributed by atoms with Gasteiger partial charge in [0.1, 0.15) is 11.5 Å². The molecule has 0 bridgehead atoms. The number of carboxylic acid groups (broad SMARTS) is 1. The molecule has 1 aromatic heterocycles. The van der Waals surface area contributed by atoms with Crippen LogP contribution >= 0.6 is 0 Å². The topological polar surface area (TPSA) is 95.1 Å². The minimum absolute atomic E-state index is 0.0396. The third-order valence-corrected chi connectivity index (χ3v) is 3.25. The van der Waals surface area contributed by atoms with Crippen molar-refractivity contribution in [3.63, 3.8) is 0 Å². The number of carboxylic acids is 1. The van der Waals surface area contributed by atoms with Crippen LogP contribution in [0.2, 0.25) is 0 Å². The van der Waals surface area contributed by atoms with Crippen LogP contribution in [0.4, 0.5) is 0 Å². The minimum atomic E-state index is -1.05. The van der Waals surface area contributed by atoms with Gasteiger partial charge in [0.15, 0.2) is 0 Å². The first kappa shape index (κ1) is 13.3. The van der Waals surface area contributed by atoms with Crippen LogP contribution in [0.15, 0.2) is 17.8 Å². The number of carbonyl (C=O) groups is 2. The molecule has 0 atom stereocenters. The smallest absolute Gasteiger partial charge is 0.353 e. The Morgan fingerprint density at radius 2 is 2.16 bits per heavy atom. The largest absolute Gasteiger partial charge is 0.477 e. The Balaban J connectivity index is 2.20. The van der Waals surface area contributed by atoms with Gasteiger partial charge in [0.05, 0.1) is 11.7 Å². The van der Waals surface area contributed by atoms with Gasteiger partial charge in [-0.15, -0.1) is 0 Å². The Morgan fingerprint density at radius 1 is 1.47 bits per heavy atom. The van der Waals surface area contributed by atoms with Crippen LogP contribution in [-0.4, -0.2) is 27.0 Å². The van der Waals surface area contributed by atoms with Crippen molar-refractivity contribution in [2.75, 3.05) is 0 Å². The minimum Gasteiger partial charge on any atom is -0.477 e. The lowest BCUT2D eigenvalue weighted by Gasteiger charge is -2.40.